The minimum atomic E-state index is -0.385. The van der Waals surface area contributed by atoms with Gasteiger partial charge in [-0.05, 0) is 42.7 Å². The minimum Gasteiger partial charge on any atom is -0.354 e. The van der Waals surface area contributed by atoms with E-state index in [9.17, 15) is 9.59 Å². The molecule has 0 radical (unpaired) electrons. The molecule has 0 saturated heterocycles. The van der Waals surface area contributed by atoms with Crippen LogP contribution in [0.2, 0.25) is 0 Å². The largest absolute Gasteiger partial charge is 0.354 e. The maximum atomic E-state index is 13.0. The summed E-state index contributed by atoms with van der Waals surface area (Å²) < 4.78 is 1.65. The lowest BCUT2D eigenvalue weighted by atomic mass is 9.83. The van der Waals surface area contributed by atoms with E-state index in [4.69, 9.17) is 0 Å². The molecule has 0 bridgehead atoms. The van der Waals surface area contributed by atoms with Crippen LogP contribution in [0.1, 0.15) is 36.4 Å². The van der Waals surface area contributed by atoms with Gasteiger partial charge in [0.05, 0.1) is 10.8 Å². The summed E-state index contributed by atoms with van der Waals surface area (Å²) in [6, 6.07) is 5.89. The van der Waals surface area contributed by atoms with Crippen LogP contribution in [0.5, 0.6) is 0 Å². The Morgan fingerprint density at radius 2 is 2.08 bits per heavy atom. The van der Waals surface area contributed by atoms with Crippen LogP contribution in [-0.2, 0) is 16.8 Å². The zero-order valence-electron chi connectivity index (χ0n) is 14.7. The predicted molar refractivity (Wildman–Crippen MR) is 106 cm³/mol. The van der Waals surface area contributed by atoms with E-state index in [1.165, 1.54) is 11.3 Å². The molecular formula is C19H21N3O2S2. The highest BCUT2D eigenvalue weighted by molar-refractivity contribution is 7.16. The van der Waals surface area contributed by atoms with Gasteiger partial charge in [-0.1, -0.05) is 18.9 Å². The molecule has 1 aliphatic carbocycles. The number of rotatable bonds is 5. The first kappa shape index (κ1) is 17.4. The van der Waals surface area contributed by atoms with Crippen molar-refractivity contribution in [3.8, 4) is 0 Å². The molecule has 26 heavy (non-hydrogen) atoms. The molecule has 0 aromatic carbocycles. The number of hydrogen-bond acceptors (Lipinski definition) is 5. The lowest BCUT2D eigenvalue weighted by Gasteiger charge is -2.26. The van der Waals surface area contributed by atoms with E-state index in [1.807, 2.05) is 29.8 Å². The molecule has 3 aromatic heterocycles. The van der Waals surface area contributed by atoms with E-state index in [0.29, 0.717) is 24.3 Å². The van der Waals surface area contributed by atoms with E-state index in [-0.39, 0.29) is 16.9 Å². The van der Waals surface area contributed by atoms with Crippen molar-refractivity contribution < 1.29 is 4.79 Å². The molecule has 136 valence electrons. The summed E-state index contributed by atoms with van der Waals surface area (Å²) in [7, 11) is 0. The van der Waals surface area contributed by atoms with Crippen molar-refractivity contribution in [3.63, 3.8) is 0 Å². The number of carbonyl (C=O) groups is 1. The smallest absolute Gasteiger partial charge is 0.262 e. The highest BCUT2D eigenvalue weighted by atomic mass is 32.1. The molecule has 3 heterocycles. The van der Waals surface area contributed by atoms with Crippen molar-refractivity contribution in [1.82, 2.24) is 14.9 Å². The minimum absolute atomic E-state index is 0.0307. The van der Waals surface area contributed by atoms with Crippen molar-refractivity contribution in [2.75, 3.05) is 6.54 Å². The standard InChI is InChI=1S/C19H21N3O2S2/c1-13-21-16-14(6-12-26-16)17(23)22(13)10-9-20-18(24)19(7-2-3-8-19)15-5-4-11-25-15/h4-6,11-12H,2-3,7-10H2,1H3,(H,20,24). The fourth-order valence-corrected chi connectivity index (χ4v) is 5.66. The van der Waals surface area contributed by atoms with Gasteiger partial charge >= 0.3 is 0 Å². The monoisotopic (exact) mass is 387 g/mol. The van der Waals surface area contributed by atoms with Crippen LogP contribution >= 0.6 is 22.7 Å². The average Bonchev–Trinajstić information content (AvgIpc) is 3.38. The maximum Gasteiger partial charge on any atom is 0.262 e. The number of nitrogens with one attached hydrogen (secondary N) is 1. The fourth-order valence-electron chi connectivity index (χ4n) is 3.88. The van der Waals surface area contributed by atoms with Crippen molar-refractivity contribution in [2.24, 2.45) is 0 Å². The lowest BCUT2D eigenvalue weighted by Crippen LogP contribution is -2.43. The van der Waals surface area contributed by atoms with Crippen molar-refractivity contribution in [2.45, 2.75) is 44.6 Å². The zero-order chi connectivity index (χ0) is 18.1. The van der Waals surface area contributed by atoms with Gasteiger partial charge in [-0.2, -0.15) is 0 Å². The number of aryl methyl sites for hydroxylation is 1. The number of thiophene rings is 2. The van der Waals surface area contributed by atoms with Gasteiger partial charge in [0, 0.05) is 18.0 Å². The summed E-state index contributed by atoms with van der Waals surface area (Å²) in [6.45, 7) is 2.71. The molecule has 1 fully saturated rings. The molecule has 0 unspecified atom stereocenters. The Bertz CT molecular complexity index is 982. The fraction of sp³-hybridized carbons (Fsp3) is 0.421. The Balaban J connectivity index is 1.49. The molecule has 7 heteroatoms. The molecule has 0 aliphatic heterocycles. The molecule has 1 saturated carbocycles. The number of amides is 1. The van der Waals surface area contributed by atoms with E-state index >= 15 is 0 Å². The molecule has 0 spiro atoms. The Labute approximate surface area is 159 Å². The average molecular weight is 388 g/mol. The van der Waals surface area contributed by atoms with Crippen molar-refractivity contribution >= 4 is 38.8 Å². The summed E-state index contributed by atoms with van der Waals surface area (Å²) in [5, 5.41) is 7.65. The van der Waals surface area contributed by atoms with E-state index in [2.05, 4.69) is 16.4 Å². The van der Waals surface area contributed by atoms with E-state index < -0.39 is 0 Å². The Morgan fingerprint density at radius 3 is 2.81 bits per heavy atom. The summed E-state index contributed by atoms with van der Waals surface area (Å²) in [6.07, 6.45) is 3.98. The maximum absolute atomic E-state index is 13.0. The number of hydrogen-bond donors (Lipinski definition) is 1. The summed E-state index contributed by atoms with van der Waals surface area (Å²) in [5.74, 6) is 0.778. The predicted octanol–water partition coefficient (Wildman–Crippen LogP) is 3.46. The Kier molecular flexibility index (Phi) is 4.67. The van der Waals surface area contributed by atoms with Crippen LogP contribution in [0, 0.1) is 6.92 Å². The van der Waals surface area contributed by atoms with Gasteiger partial charge in [0.15, 0.2) is 0 Å². The summed E-state index contributed by atoms with van der Waals surface area (Å²) in [5.41, 5.74) is -0.416. The highest BCUT2D eigenvalue weighted by Crippen LogP contribution is 2.43. The van der Waals surface area contributed by atoms with Crippen molar-refractivity contribution in [3.05, 3.63) is 50.0 Å². The lowest BCUT2D eigenvalue weighted by molar-refractivity contribution is -0.126. The third-order valence-corrected chi connectivity index (χ3v) is 7.16. The molecule has 4 rings (SSSR count). The highest BCUT2D eigenvalue weighted by Gasteiger charge is 2.43. The van der Waals surface area contributed by atoms with Crippen LogP contribution in [0.4, 0.5) is 0 Å². The van der Waals surface area contributed by atoms with Gasteiger partial charge in [0.25, 0.3) is 5.56 Å². The molecular weight excluding hydrogens is 366 g/mol. The molecule has 1 aliphatic rings. The van der Waals surface area contributed by atoms with Crippen molar-refractivity contribution in [1.29, 1.82) is 0 Å². The first-order chi connectivity index (χ1) is 12.6. The number of fused-ring (bicyclic) bond motifs is 1. The topological polar surface area (TPSA) is 64.0 Å². The third-order valence-electron chi connectivity index (χ3n) is 5.28. The molecule has 1 N–H and O–H groups in total. The second-order valence-electron chi connectivity index (χ2n) is 6.78. The van der Waals surface area contributed by atoms with Gasteiger partial charge in [-0.3, -0.25) is 14.2 Å². The third kappa shape index (κ3) is 2.89. The summed E-state index contributed by atoms with van der Waals surface area (Å²) >= 11 is 3.13. The SMILES string of the molecule is Cc1nc2sccc2c(=O)n1CCNC(=O)C1(c2cccs2)CCCC1. The molecule has 0 atom stereocenters. The van der Waals surface area contributed by atoms with Crippen LogP contribution in [-0.4, -0.2) is 22.0 Å². The van der Waals surface area contributed by atoms with Crippen LogP contribution in [0.25, 0.3) is 10.2 Å². The van der Waals surface area contributed by atoms with Gasteiger partial charge in [0.2, 0.25) is 5.91 Å². The molecule has 3 aromatic rings. The molecule has 1 amide bonds. The number of nitrogens with zero attached hydrogens (tertiary/aromatic N) is 2. The number of aromatic nitrogens is 2. The number of carbonyl (C=O) groups excluding carboxylic acids is 1. The van der Waals surface area contributed by atoms with Crippen LogP contribution in [0.15, 0.2) is 33.8 Å². The van der Waals surface area contributed by atoms with Gasteiger partial charge < -0.3 is 5.32 Å². The van der Waals surface area contributed by atoms with Gasteiger partial charge in [-0.25, -0.2) is 4.98 Å². The second-order valence-corrected chi connectivity index (χ2v) is 8.62. The first-order valence-electron chi connectivity index (χ1n) is 8.89. The van der Waals surface area contributed by atoms with Crippen LogP contribution in [0.3, 0.4) is 0 Å². The normalized spacial score (nSPS) is 16.2. The van der Waals surface area contributed by atoms with Gasteiger partial charge in [-0.15, -0.1) is 22.7 Å². The molecule has 5 nitrogen and oxygen atoms in total. The Morgan fingerprint density at radius 1 is 1.27 bits per heavy atom. The van der Waals surface area contributed by atoms with E-state index in [1.54, 1.807) is 15.9 Å². The second kappa shape index (κ2) is 6.96. The van der Waals surface area contributed by atoms with Crippen LogP contribution < -0.4 is 10.9 Å². The first-order valence-corrected chi connectivity index (χ1v) is 10.6. The van der Waals surface area contributed by atoms with E-state index in [0.717, 1.165) is 35.4 Å². The zero-order valence-corrected chi connectivity index (χ0v) is 16.3. The Hall–Kier alpha value is -1.99. The quantitative estimate of drug-likeness (QED) is 0.729. The summed E-state index contributed by atoms with van der Waals surface area (Å²) in [4.78, 5) is 32.0. The van der Waals surface area contributed by atoms with Gasteiger partial charge in [0.1, 0.15) is 10.7 Å².